The summed E-state index contributed by atoms with van der Waals surface area (Å²) < 4.78 is 3.11. The summed E-state index contributed by atoms with van der Waals surface area (Å²) in [6.07, 6.45) is 1.98. The lowest BCUT2D eigenvalue weighted by atomic mass is 10.0. The lowest BCUT2D eigenvalue weighted by Gasteiger charge is -2.17. The number of aryl methyl sites for hydroxylation is 1. The van der Waals surface area contributed by atoms with Crippen molar-refractivity contribution >= 4 is 22.6 Å². The second-order valence-electron chi connectivity index (χ2n) is 3.93. The molecule has 1 unspecified atom stereocenters. The first kappa shape index (κ1) is 12.6. The molecule has 1 N–H and O–H groups in total. The van der Waals surface area contributed by atoms with Gasteiger partial charge in [0.15, 0.2) is 0 Å². The second kappa shape index (κ2) is 5.64. The molecule has 0 saturated heterocycles. The summed E-state index contributed by atoms with van der Waals surface area (Å²) in [5, 5.41) is 7.99. The highest BCUT2D eigenvalue weighted by Gasteiger charge is 2.17. The molecule has 3 nitrogen and oxygen atoms in total. The molecule has 17 heavy (non-hydrogen) atoms. The van der Waals surface area contributed by atoms with E-state index in [0.29, 0.717) is 0 Å². The number of hydrogen-bond acceptors (Lipinski definition) is 2. The standard InChI is InChI=1S/C13H16IN3/c1-3-15-13(12-8-9-17(2)16-12)10-6-4-5-7-11(10)14/h4-9,13,15H,3H2,1-2H3. The van der Waals surface area contributed by atoms with Gasteiger partial charge in [0.05, 0.1) is 11.7 Å². The van der Waals surface area contributed by atoms with Gasteiger partial charge in [-0.25, -0.2) is 0 Å². The van der Waals surface area contributed by atoms with E-state index in [9.17, 15) is 0 Å². The molecule has 0 amide bonds. The molecule has 1 aromatic heterocycles. The zero-order valence-electron chi connectivity index (χ0n) is 10.0. The third kappa shape index (κ3) is 2.87. The molecular formula is C13H16IN3. The summed E-state index contributed by atoms with van der Waals surface area (Å²) in [5.74, 6) is 0. The van der Waals surface area contributed by atoms with Gasteiger partial charge in [0, 0.05) is 16.8 Å². The first-order chi connectivity index (χ1) is 8.22. The van der Waals surface area contributed by atoms with Crippen LogP contribution < -0.4 is 5.32 Å². The number of hydrogen-bond donors (Lipinski definition) is 1. The second-order valence-corrected chi connectivity index (χ2v) is 5.09. The van der Waals surface area contributed by atoms with Crippen molar-refractivity contribution in [2.24, 2.45) is 7.05 Å². The van der Waals surface area contributed by atoms with Gasteiger partial charge in [-0.05, 0) is 46.8 Å². The zero-order valence-corrected chi connectivity index (χ0v) is 12.2. The largest absolute Gasteiger partial charge is 0.305 e. The van der Waals surface area contributed by atoms with E-state index in [4.69, 9.17) is 0 Å². The SMILES string of the molecule is CCNC(c1ccn(C)n1)c1ccccc1I. The first-order valence-electron chi connectivity index (χ1n) is 5.69. The lowest BCUT2D eigenvalue weighted by molar-refractivity contribution is 0.598. The van der Waals surface area contributed by atoms with E-state index in [1.165, 1.54) is 9.13 Å². The van der Waals surface area contributed by atoms with Gasteiger partial charge >= 0.3 is 0 Å². The molecule has 90 valence electrons. The summed E-state index contributed by atoms with van der Waals surface area (Å²) in [6, 6.07) is 10.7. The minimum atomic E-state index is 0.175. The van der Waals surface area contributed by atoms with Gasteiger partial charge < -0.3 is 5.32 Å². The van der Waals surface area contributed by atoms with Crippen LogP contribution in [0.3, 0.4) is 0 Å². The van der Waals surface area contributed by atoms with Gasteiger partial charge in [-0.1, -0.05) is 25.1 Å². The molecule has 1 atom stereocenters. The Bertz CT molecular complexity index is 493. The van der Waals surface area contributed by atoms with Crippen LogP contribution in [0.5, 0.6) is 0 Å². The molecule has 0 aliphatic heterocycles. The normalized spacial score (nSPS) is 12.6. The maximum Gasteiger partial charge on any atom is 0.0839 e. The number of benzene rings is 1. The average Bonchev–Trinajstić information content (AvgIpc) is 2.74. The molecule has 0 bridgehead atoms. The average molecular weight is 341 g/mol. The van der Waals surface area contributed by atoms with Crippen molar-refractivity contribution in [3.8, 4) is 0 Å². The minimum Gasteiger partial charge on any atom is -0.305 e. The molecule has 1 heterocycles. The Labute approximate surface area is 115 Å². The van der Waals surface area contributed by atoms with E-state index in [0.717, 1.165) is 12.2 Å². The minimum absolute atomic E-state index is 0.175. The van der Waals surface area contributed by atoms with Crippen LogP contribution in [-0.2, 0) is 7.05 Å². The van der Waals surface area contributed by atoms with Crippen LogP contribution in [0.2, 0.25) is 0 Å². The van der Waals surface area contributed by atoms with Gasteiger partial charge in [-0.3, -0.25) is 4.68 Å². The topological polar surface area (TPSA) is 29.9 Å². The summed E-state index contributed by atoms with van der Waals surface area (Å²) >= 11 is 2.37. The van der Waals surface area contributed by atoms with Gasteiger partial charge in [0.2, 0.25) is 0 Å². The van der Waals surface area contributed by atoms with Crippen LogP contribution in [0.15, 0.2) is 36.5 Å². The highest BCUT2D eigenvalue weighted by molar-refractivity contribution is 14.1. The van der Waals surface area contributed by atoms with E-state index in [-0.39, 0.29) is 6.04 Å². The third-order valence-corrected chi connectivity index (χ3v) is 3.64. The Morgan fingerprint density at radius 1 is 1.35 bits per heavy atom. The van der Waals surface area contributed by atoms with E-state index >= 15 is 0 Å². The fourth-order valence-corrected chi connectivity index (χ4v) is 2.57. The van der Waals surface area contributed by atoms with Crippen molar-refractivity contribution in [1.82, 2.24) is 15.1 Å². The molecule has 4 heteroatoms. The summed E-state index contributed by atoms with van der Waals surface area (Å²) in [7, 11) is 1.95. The number of rotatable bonds is 4. The Balaban J connectivity index is 2.39. The smallest absolute Gasteiger partial charge is 0.0839 e. The summed E-state index contributed by atoms with van der Waals surface area (Å²) in [4.78, 5) is 0. The third-order valence-electron chi connectivity index (χ3n) is 2.65. The van der Waals surface area contributed by atoms with E-state index in [2.05, 4.69) is 70.3 Å². The summed E-state index contributed by atoms with van der Waals surface area (Å²) in [5.41, 5.74) is 2.35. The Kier molecular flexibility index (Phi) is 4.17. The van der Waals surface area contributed by atoms with Crippen molar-refractivity contribution in [1.29, 1.82) is 0 Å². The number of halogens is 1. The van der Waals surface area contributed by atoms with Gasteiger partial charge in [0.1, 0.15) is 0 Å². The molecule has 0 radical (unpaired) electrons. The van der Waals surface area contributed by atoms with Crippen LogP contribution >= 0.6 is 22.6 Å². The van der Waals surface area contributed by atoms with Crippen molar-refractivity contribution < 1.29 is 0 Å². The van der Waals surface area contributed by atoms with E-state index in [1.807, 2.05) is 17.9 Å². The molecule has 0 saturated carbocycles. The van der Waals surface area contributed by atoms with Gasteiger partial charge in [-0.2, -0.15) is 5.10 Å². The highest BCUT2D eigenvalue weighted by Crippen LogP contribution is 2.24. The Morgan fingerprint density at radius 3 is 2.71 bits per heavy atom. The van der Waals surface area contributed by atoms with Crippen LogP contribution in [0.4, 0.5) is 0 Å². The fraction of sp³-hybridized carbons (Fsp3) is 0.308. The van der Waals surface area contributed by atoms with Crippen LogP contribution in [0, 0.1) is 3.57 Å². The quantitative estimate of drug-likeness (QED) is 0.867. The maximum atomic E-state index is 4.50. The fourth-order valence-electron chi connectivity index (χ4n) is 1.87. The molecule has 1 aromatic carbocycles. The van der Waals surface area contributed by atoms with Crippen LogP contribution in [-0.4, -0.2) is 16.3 Å². The van der Waals surface area contributed by atoms with Gasteiger partial charge in [-0.15, -0.1) is 0 Å². The van der Waals surface area contributed by atoms with E-state index in [1.54, 1.807) is 0 Å². The first-order valence-corrected chi connectivity index (χ1v) is 6.77. The zero-order chi connectivity index (χ0) is 12.3. The summed E-state index contributed by atoms with van der Waals surface area (Å²) in [6.45, 7) is 3.04. The lowest BCUT2D eigenvalue weighted by Crippen LogP contribution is -2.23. The molecule has 2 rings (SSSR count). The van der Waals surface area contributed by atoms with Gasteiger partial charge in [0.25, 0.3) is 0 Å². The predicted molar refractivity (Wildman–Crippen MR) is 77.9 cm³/mol. The molecular weight excluding hydrogens is 325 g/mol. The molecule has 2 aromatic rings. The van der Waals surface area contributed by atoms with Crippen molar-refractivity contribution in [3.63, 3.8) is 0 Å². The Hall–Kier alpha value is -0.880. The monoisotopic (exact) mass is 341 g/mol. The molecule has 0 spiro atoms. The van der Waals surface area contributed by atoms with Crippen molar-refractivity contribution in [2.75, 3.05) is 6.54 Å². The number of nitrogens with zero attached hydrogens (tertiary/aromatic N) is 2. The number of aromatic nitrogens is 2. The number of nitrogens with one attached hydrogen (secondary N) is 1. The maximum absolute atomic E-state index is 4.50. The van der Waals surface area contributed by atoms with Crippen LogP contribution in [0.25, 0.3) is 0 Å². The molecule has 0 fully saturated rings. The molecule has 0 aliphatic rings. The predicted octanol–water partition coefficient (Wildman–Crippen LogP) is 2.72. The van der Waals surface area contributed by atoms with E-state index < -0.39 is 0 Å². The molecule has 0 aliphatic carbocycles. The Morgan fingerprint density at radius 2 is 2.12 bits per heavy atom. The highest BCUT2D eigenvalue weighted by atomic mass is 127. The van der Waals surface area contributed by atoms with Crippen molar-refractivity contribution in [2.45, 2.75) is 13.0 Å². The van der Waals surface area contributed by atoms with Crippen LogP contribution in [0.1, 0.15) is 24.2 Å². The van der Waals surface area contributed by atoms with Crippen molar-refractivity contribution in [3.05, 3.63) is 51.4 Å².